The third-order valence-electron chi connectivity index (χ3n) is 1.01. The Balaban J connectivity index is 2.83. The number of thioether (sulfide) groups is 1. The van der Waals surface area contributed by atoms with Crippen LogP contribution in [0, 0.1) is 0 Å². The van der Waals surface area contributed by atoms with Gasteiger partial charge in [-0.3, -0.25) is 0 Å². The minimum absolute atomic E-state index is 0.650. The first-order valence-corrected chi connectivity index (χ1v) is 4.70. The van der Waals surface area contributed by atoms with Crippen molar-refractivity contribution in [2.45, 2.75) is 6.42 Å². The standard InChI is InChI=1S/C7H16N2S/c8-4-1-2-6-10-7-3-5-9/h1-2H,3-9H2. The van der Waals surface area contributed by atoms with Crippen LogP contribution in [0.4, 0.5) is 0 Å². The molecular formula is C7H16N2S. The van der Waals surface area contributed by atoms with E-state index >= 15 is 0 Å². The van der Waals surface area contributed by atoms with Gasteiger partial charge in [0.2, 0.25) is 0 Å². The van der Waals surface area contributed by atoms with Crippen LogP contribution < -0.4 is 11.5 Å². The summed E-state index contributed by atoms with van der Waals surface area (Å²) in [5, 5.41) is 0. The second-order valence-corrected chi connectivity index (χ2v) is 3.07. The molecule has 10 heavy (non-hydrogen) atoms. The maximum atomic E-state index is 5.32. The van der Waals surface area contributed by atoms with E-state index in [0.717, 1.165) is 24.5 Å². The summed E-state index contributed by atoms with van der Waals surface area (Å²) in [7, 11) is 0. The summed E-state index contributed by atoms with van der Waals surface area (Å²) in [6.07, 6.45) is 5.19. The summed E-state index contributed by atoms with van der Waals surface area (Å²) in [6, 6.07) is 0. The molecule has 0 fully saturated rings. The van der Waals surface area contributed by atoms with Gasteiger partial charge in [0.05, 0.1) is 0 Å². The van der Waals surface area contributed by atoms with Crippen molar-refractivity contribution in [1.29, 1.82) is 0 Å². The van der Waals surface area contributed by atoms with Crippen molar-refractivity contribution in [3.05, 3.63) is 12.2 Å². The van der Waals surface area contributed by atoms with Gasteiger partial charge in [0, 0.05) is 12.3 Å². The summed E-state index contributed by atoms with van der Waals surface area (Å²) in [4.78, 5) is 0. The fourth-order valence-corrected chi connectivity index (χ4v) is 1.31. The molecule has 0 aromatic heterocycles. The normalized spacial score (nSPS) is 11.0. The average Bonchev–Trinajstić information content (AvgIpc) is 1.97. The fraction of sp³-hybridized carbons (Fsp3) is 0.714. The Labute approximate surface area is 67.0 Å². The van der Waals surface area contributed by atoms with Crippen LogP contribution >= 0.6 is 11.8 Å². The van der Waals surface area contributed by atoms with Gasteiger partial charge in [-0.2, -0.15) is 11.8 Å². The molecular weight excluding hydrogens is 144 g/mol. The lowest BCUT2D eigenvalue weighted by atomic mass is 10.5. The van der Waals surface area contributed by atoms with Crippen molar-refractivity contribution in [1.82, 2.24) is 0 Å². The van der Waals surface area contributed by atoms with Crippen molar-refractivity contribution in [2.75, 3.05) is 24.6 Å². The Morgan fingerprint density at radius 3 is 2.60 bits per heavy atom. The molecule has 0 heterocycles. The fourth-order valence-electron chi connectivity index (χ4n) is 0.501. The molecule has 0 unspecified atom stereocenters. The van der Waals surface area contributed by atoms with E-state index in [9.17, 15) is 0 Å². The molecule has 0 saturated carbocycles. The Hall–Kier alpha value is 0.01000. The first kappa shape index (κ1) is 10.0. The van der Waals surface area contributed by atoms with Crippen LogP contribution in [0.5, 0.6) is 0 Å². The maximum absolute atomic E-state index is 5.32. The number of rotatable bonds is 6. The molecule has 0 aromatic carbocycles. The zero-order chi connectivity index (χ0) is 7.66. The van der Waals surface area contributed by atoms with Crippen LogP contribution in [0.25, 0.3) is 0 Å². The summed E-state index contributed by atoms with van der Waals surface area (Å²) >= 11 is 1.90. The smallest absolute Gasteiger partial charge is 0.0113 e. The number of hydrogen-bond acceptors (Lipinski definition) is 3. The molecule has 0 aliphatic rings. The van der Waals surface area contributed by atoms with Crippen LogP contribution in [0.15, 0.2) is 12.2 Å². The second-order valence-electron chi connectivity index (χ2n) is 1.92. The number of nitrogens with two attached hydrogens (primary N) is 2. The predicted octanol–water partition coefficient (Wildman–Crippen LogP) is 0.583. The Bertz CT molecular complexity index is 83.7. The maximum Gasteiger partial charge on any atom is 0.0113 e. The molecule has 0 aliphatic heterocycles. The minimum Gasteiger partial charge on any atom is -0.330 e. The van der Waals surface area contributed by atoms with E-state index in [1.54, 1.807) is 0 Å². The molecule has 0 bridgehead atoms. The van der Waals surface area contributed by atoms with Crippen molar-refractivity contribution >= 4 is 11.8 Å². The van der Waals surface area contributed by atoms with E-state index in [4.69, 9.17) is 11.5 Å². The highest BCUT2D eigenvalue weighted by Gasteiger charge is 1.82. The lowest BCUT2D eigenvalue weighted by Gasteiger charge is -1.93. The minimum atomic E-state index is 0.650. The molecule has 0 atom stereocenters. The summed E-state index contributed by atoms with van der Waals surface area (Å²) in [5.41, 5.74) is 10.6. The Kier molecular flexibility index (Phi) is 9.02. The van der Waals surface area contributed by atoms with Crippen LogP contribution in [0.3, 0.4) is 0 Å². The van der Waals surface area contributed by atoms with Gasteiger partial charge in [-0.1, -0.05) is 12.2 Å². The van der Waals surface area contributed by atoms with Crippen molar-refractivity contribution in [3.8, 4) is 0 Å². The molecule has 0 radical (unpaired) electrons. The van der Waals surface area contributed by atoms with Crippen LogP contribution in [-0.4, -0.2) is 24.6 Å². The molecule has 4 N–H and O–H groups in total. The largest absolute Gasteiger partial charge is 0.330 e. The van der Waals surface area contributed by atoms with E-state index in [1.807, 2.05) is 17.8 Å². The summed E-state index contributed by atoms with van der Waals surface area (Å²) < 4.78 is 0. The first-order chi connectivity index (χ1) is 4.91. The molecule has 0 spiro atoms. The van der Waals surface area contributed by atoms with Crippen molar-refractivity contribution in [3.63, 3.8) is 0 Å². The first-order valence-electron chi connectivity index (χ1n) is 3.54. The summed E-state index contributed by atoms with van der Waals surface area (Å²) in [6.45, 7) is 1.45. The SMILES string of the molecule is NCC=CCSCCCN. The van der Waals surface area contributed by atoms with Gasteiger partial charge in [0.25, 0.3) is 0 Å². The van der Waals surface area contributed by atoms with Crippen molar-refractivity contribution in [2.24, 2.45) is 11.5 Å². The quantitative estimate of drug-likeness (QED) is 0.441. The topological polar surface area (TPSA) is 52.0 Å². The van der Waals surface area contributed by atoms with Crippen LogP contribution in [-0.2, 0) is 0 Å². The lowest BCUT2D eigenvalue weighted by molar-refractivity contribution is 0.944. The van der Waals surface area contributed by atoms with E-state index in [-0.39, 0.29) is 0 Å². The van der Waals surface area contributed by atoms with Gasteiger partial charge < -0.3 is 11.5 Å². The molecule has 0 amide bonds. The highest BCUT2D eigenvalue weighted by atomic mass is 32.2. The highest BCUT2D eigenvalue weighted by molar-refractivity contribution is 7.99. The molecule has 2 nitrogen and oxygen atoms in total. The van der Waals surface area contributed by atoms with Gasteiger partial charge in [0.15, 0.2) is 0 Å². The van der Waals surface area contributed by atoms with Crippen molar-refractivity contribution < 1.29 is 0 Å². The Morgan fingerprint density at radius 1 is 1.20 bits per heavy atom. The zero-order valence-corrected chi connectivity index (χ0v) is 7.07. The molecule has 0 saturated heterocycles. The molecule has 0 aromatic rings. The van der Waals surface area contributed by atoms with E-state index in [1.165, 1.54) is 0 Å². The van der Waals surface area contributed by atoms with E-state index < -0.39 is 0 Å². The number of hydrogen-bond donors (Lipinski definition) is 2. The highest BCUT2D eigenvalue weighted by Crippen LogP contribution is 2.00. The third-order valence-corrected chi connectivity index (χ3v) is 2.02. The van der Waals surface area contributed by atoms with Crippen LogP contribution in [0.2, 0.25) is 0 Å². The lowest BCUT2D eigenvalue weighted by Crippen LogP contribution is -1.99. The van der Waals surface area contributed by atoms with Crippen LogP contribution in [0.1, 0.15) is 6.42 Å². The van der Waals surface area contributed by atoms with Gasteiger partial charge >= 0.3 is 0 Å². The monoisotopic (exact) mass is 160 g/mol. The predicted molar refractivity (Wildman–Crippen MR) is 49.2 cm³/mol. The zero-order valence-electron chi connectivity index (χ0n) is 6.25. The molecule has 0 aliphatic carbocycles. The third kappa shape index (κ3) is 8.01. The molecule has 0 rings (SSSR count). The van der Waals surface area contributed by atoms with E-state index in [0.29, 0.717) is 6.54 Å². The van der Waals surface area contributed by atoms with Gasteiger partial charge in [-0.25, -0.2) is 0 Å². The molecule has 60 valence electrons. The second kappa shape index (κ2) is 9.01. The van der Waals surface area contributed by atoms with Gasteiger partial charge in [-0.15, -0.1) is 0 Å². The van der Waals surface area contributed by atoms with E-state index in [2.05, 4.69) is 6.08 Å². The average molecular weight is 160 g/mol. The summed E-state index contributed by atoms with van der Waals surface area (Å²) in [5.74, 6) is 2.22. The Morgan fingerprint density at radius 2 is 2.00 bits per heavy atom. The molecule has 3 heteroatoms. The van der Waals surface area contributed by atoms with Gasteiger partial charge in [0.1, 0.15) is 0 Å². The van der Waals surface area contributed by atoms with Gasteiger partial charge in [-0.05, 0) is 18.7 Å².